The largest absolute Gasteiger partial charge is 0.492 e. The van der Waals surface area contributed by atoms with Gasteiger partial charge in [0.2, 0.25) is 5.91 Å². The summed E-state index contributed by atoms with van der Waals surface area (Å²) in [6, 6.07) is 5.63. The number of hydrogen-bond donors (Lipinski definition) is 0. The number of carbonyl (C=O) groups is 1. The summed E-state index contributed by atoms with van der Waals surface area (Å²) < 4.78 is 11.0. The van der Waals surface area contributed by atoms with Crippen molar-refractivity contribution in [2.45, 2.75) is 6.54 Å². The van der Waals surface area contributed by atoms with E-state index in [9.17, 15) is 4.79 Å². The highest BCUT2D eigenvalue weighted by molar-refractivity contribution is 6.30. The fourth-order valence-electron chi connectivity index (χ4n) is 2.66. The number of amides is 1. The highest BCUT2D eigenvalue weighted by Gasteiger charge is 2.22. The number of rotatable bonds is 2. The molecule has 1 saturated heterocycles. The van der Waals surface area contributed by atoms with Gasteiger partial charge in [-0.25, -0.2) is 0 Å². The number of ether oxygens (including phenoxy) is 2. The first-order valence-corrected chi connectivity index (χ1v) is 7.59. The Bertz CT molecular complexity index is 518. The van der Waals surface area contributed by atoms with Crippen LogP contribution in [-0.4, -0.2) is 61.7 Å². The van der Waals surface area contributed by atoms with Crippen molar-refractivity contribution in [1.82, 2.24) is 9.80 Å². The van der Waals surface area contributed by atoms with Crippen molar-refractivity contribution in [2.75, 3.05) is 46.0 Å². The van der Waals surface area contributed by atoms with Crippen LogP contribution in [0.15, 0.2) is 18.2 Å². The van der Waals surface area contributed by atoms with E-state index < -0.39 is 0 Å². The summed E-state index contributed by atoms with van der Waals surface area (Å²) in [6.07, 6.45) is 0. The minimum Gasteiger partial charge on any atom is -0.492 e. The van der Waals surface area contributed by atoms with Crippen LogP contribution in [0.4, 0.5) is 0 Å². The first-order valence-electron chi connectivity index (χ1n) is 7.21. The fourth-order valence-corrected chi connectivity index (χ4v) is 2.85. The molecule has 0 aromatic heterocycles. The third-order valence-electron chi connectivity index (χ3n) is 3.80. The Morgan fingerprint density at radius 1 is 1.19 bits per heavy atom. The van der Waals surface area contributed by atoms with Crippen molar-refractivity contribution in [3.8, 4) is 5.75 Å². The molecule has 0 bridgehead atoms. The Hall–Kier alpha value is -1.30. The van der Waals surface area contributed by atoms with Crippen LogP contribution >= 0.6 is 11.6 Å². The molecule has 2 heterocycles. The first kappa shape index (κ1) is 14.6. The standard InChI is InChI=1S/C15H19ClN2O3/c16-13-1-2-14-12(9-13)10-17(3-8-21-14)11-15(19)18-4-6-20-7-5-18/h1-2,9H,3-8,10-11H2. The van der Waals surface area contributed by atoms with Crippen molar-refractivity contribution < 1.29 is 14.3 Å². The summed E-state index contributed by atoms with van der Waals surface area (Å²) in [4.78, 5) is 16.3. The van der Waals surface area contributed by atoms with E-state index in [2.05, 4.69) is 4.90 Å². The summed E-state index contributed by atoms with van der Waals surface area (Å²) in [5.41, 5.74) is 1.04. The van der Waals surface area contributed by atoms with Gasteiger partial charge >= 0.3 is 0 Å². The summed E-state index contributed by atoms with van der Waals surface area (Å²) in [7, 11) is 0. The highest BCUT2D eigenvalue weighted by atomic mass is 35.5. The lowest BCUT2D eigenvalue weighted by molar-refractivity contribution is -0.136. The zero-order valence-electron chi connectivity index (χ0n) is 11.9. The summed E-state index contributed by atoms with van der Waals surface area (Å²) in [5.74, 6) is 1.02. The molecule has 0 N–H and O–H groups in total. The Balaban J connectivity index is 1.64. The molecule has 2 aliphatic rings. The Morgan fingerprint density at radius 2 is 2.00 bits per heavy atom. The van der Waals surface area contributed by atoms with E-state index in [1.807, 2.05) is 23.1 Å². The highest BCUT2D eigenvalue weighted by Crippen LogP contribution is 2.26. The molecule has 0 saturated carbocycles. The number of nitrogens with zero attached hydrogens (tertiary/aromatic N) is 2. The maximum atomic E-state index is 12.3. The molecule has 1 amide bonds. The van der Waals surface area contributed by atoms with E-state index in [4.69, 9.17) is 21.1 Å². The molecule has 1 aromatic rings. The molecular formula is C15H19ClN2O3. The van der Waals surface area contributed by atoms with Crippen molar-refractivity contribution >= 4 is 17.5 Å². The molecule has 6 heteroatoms. The van der Waals surface area contributed by atoms with E-state index in [1.54, 1.807) is 0 Å². The molecule has 21 heavy (non-hydrogen) atoms. The van der Waals surface area contributed by atoms with Crippen LogP contribution in [0.3, 0.4) is 0 Å². The molecule has 1 fully saturated rings. The van der Waals surface area contributed by atoms with Gasteiger partial charge in [0.25, 0.3) is 0 Å². The second kappa shape index (κ2) is 6.64. The third kappa shape index (κ3) is 3.67. The minimum atomic E-state index is 0.156. The quantitative estimate of drug-likeness (QED) is 0.828. The molecule has 0 atom stereocenters. The topological polar surface area (TPSA) is 42.0 Å². The lowest BCUT2D eigenvalue weighted by Crippen LogP contribution is -2.46. The lowest BCUT2D eigenvalue weighted by atomic mass is 10.2. The zero-order valence-corrected chi connectivity index (χ0v) is 12.6. The average molecular weight is 311 g/mol. The minimum absolute atomic E-state index is 0.156. The smallest absolute Gasteiger partial charge is 0.236 e. The van der Waals surface area contributed by atoms with Crippen LogP contribution in [0.25, 0.3) is 0 Å². The second-order valence-electron chi connectivity index (χ2n) is 5.30. The average Bonchev–Trinajstić information content (AvgIpc) is 2.69. The molecule has 114 valence electrons. The predicted molar refractivity (Wildman–Crippen MR) is 79.6 cm³/mol. The van der Waals surface area contributed by atoms with Gasteiger partial charge in [0.1, 0.15) is 12.4 Å². The molecular weight excluding hydrogens is 292 g/mol. The van der Waals surface area contributed by atoms with Crippen LogP contribution in [-0.2, 0) is 16.1 Å². The Kier molecular flexibility index (Phi) is 4.63. The zero-order chi connectivity index (χ0) is 14.7. The third-order valence-corrected chi connectivity index (χ3v) is 4.04. The van der Waals surface area contributed by atoms with Crippen LogP contribution in [0.2, 0.25) is 5.02 Å². The number of benzene rings is 1. The maximum Gasteiger partial charge on any atom is 0.236 e. The van der Waals surface area contributed by atoms with Crippen LogP contribution in [0.1, 0.15) is 5.56 Å². The fraction of sp³-hybridized carbons (Fsp3) is 0.533. The van der Waals surface area contributed by atoms with E-state index >= 15 is 0 Å². The maximum absolute atomic E-state index is 12.3. The molecule has 0 radical (unpaired) electrons. The van der Waals surface area contributed by atoms with Gasteiger partial charge in [-0.05, 0) is 18.2 Å². The van der Waals surface area contributed by atoms with E-state index in [-0.39, 0.29) is 5.91 Å². The monoisotopic (exact) mass is 310 g/mol. The first-order chi connectivity index (χ1) is 10.2. The van der Waals surface area contributed by atoms with Gasteiger partial charge in [0, 0.05) is 36.8 Å². The van der Waals surface area contributed by atoms with Crippen LogP contribution < -0.4 is 4.74 Å². The van der Waals surface area contributed by atoms with Crippen molar-refractivity contribution in [2.24, 2.45) is 0 Å². The molecule has 3 rings (SSSR count). The summed E-state index contributed by atoms with van der Waals surface area (Å²) >= 11 is 6.04. The molecule has 2 aliphatic heterocycles. The lowest BCUT2D eigenvalue weighted by Gasteiger charge is -2.29. The Morgan fingerprint density at radius 3 is 2.81 bits per heavy atom. The van der Waals surface area contributed by atoms with Gasteiger partial charge in [-0.15, -0.1) is 0 Å². The Labute approximate surface area is 129 Å². The normalized spacial score (nSPS) is 19.6. The molecule has 0 unspecified atom stereocenters. The summed E-state index contributed by atoms with van der Waals surface area (Å²) in [6.45, 7) is 5.06. The number of fused-ring (bicyclic) bond motifs is 1. The molecule has 5 nitrogen and oxygen atoms in total. The van der Waals surface area contributed by atoms with Crippen molar-refractivity contribution in [3.63, 3.8) is 0 Å². The van der Waals surface area contributed by atoms with Crippen molar-refractivity contribution in [3.05, 3.63) is 28.8 Å². The SMILES string of the molecule is O=C(CN1CCOc2ccc(Cl)cc2C1)N1CCOCC1. The number of halogens is 1. The molecule has 1 aromatic carbocycles. The van der Waals surface area contributed by atoms with Gasteiger partial charge in [-0.1, -0.05) is 11.6 Å². The summed E-state index contributed by atoms with van der Waals surface area (Å²) in [5, 5.41) is 0.693. The van der Waals surface area contributed by atoms with Crippen LogP contribution in [0.5, 0.6) is 5.75 Å². The van der Waals surface area contributed by atoms with Gasteiger partial charge in [0.15, 0.2) is 0 Å². The number of carbonyl (C=O) groups excluding carboxylic acids is 1. The van der Waals surface area contributed by atoms with E-state index in [1.165, 1.54) is 0 Å². The molecule has 0 aliphatic carbocycles. The van der Waals surface area contributed by atoms with E-state index in [0.717, 1.165) is 17.9 Å². The van der Waals surface area contributed by atoms with E-state index in [0.29, 0.717) is 51.0 Å². The number of hydrogen-bond acceptors (Lipinski definition) is 4. The van der Waals surface area contributed by atoms with Gasteiger partial charge in [0.05, 0.1) is 19.8 Å². The number of morpholine rings is 1. The van der Waals surface area contributed by atoms with Gasteiger partial charge in [-0.3, -0.25) is 9.69 Å². The van der Waals surface area contributed by atoms with Gasteiger partial charge < -0.3 is 14.4 Å². The predicted octanol–water partition coefficient (Wildman–Crippen LogP) is 1.39. The van der Waals surface area contributed by atoms with Crippen molar-refractivity contribution in [1.29, 1.82) is 0 Å². The molecule has 0 spiro atoms. The van der Waals surface area contributed by atoms with Gasteiger partial charge in [-0.2, -0.15) is 0 Å². The second-order valence-corrected chi connectivity index (χ2v) is 5.74. The van der Waals surface area contributed by atoms with Crippen LogP contribution in [0, 0.1) is 0 Å².